The number of hydrogen-bond donors (Lipinski definition) is 1. The van der Waals surface area contributed by atoms with Crippen LogP contribution in [0.5, 0.6) is 0 Å². The first-order valence-electron chi connectivity index (χ1n) is 6.10. The van der Waals surface area contributed by atoms with Gasteiger partial charge in [0.05, 0.1) is 12.2 Å². The van der Waals surface area contributed by atoms with E-state index in [1.807, 2.05) is 0 Å². The van der Waals surface area contributed by atoms with Crippen molar-refractivity contribution in [1.29, 1.82) is 0 Å². The van der Waals surface area contributed by atoms with E-state index in [9.17, 15) is 0 Å². The first-order chi connectivity index (χ1) is 6.73. The normalized spacial score (nSPS) is 45.0. The summed E-state index contributed by atoms with van der Waals surface area (Å²) in [6.45, 7) is 6.59. The Morgan fingerprint density at radius 1 is 1.21 bits per heavy atom. The first kappa shape index (κ1) is 10.4. The summed E-state index contributed by atoms with van der Waals surface area (Å²) in [5, 5.41) is 3.56. The molecule has 14 heavy (non-hydrogen) atoms. The molecule has 82 valence electrons. The topological polar surface area (TPSA) is 21.3 Å². The lowest BCUT2D eigenvalue weighted by Gasteiger charge is -2.42. The van der Waals surface area contributed by atoms with E-state index < -0.39 is 0 Å². The van der Waals surface area contributed by atoms with Gasteiger partial charge in [0, 0.05) is 12.6 Å². The van der Waals surface area contributed by atoms with Gasteiger partial charge in [-0.25, -0.2) is 0 Å². The van der Waals surface area contributed by atoms with Gasteiger partial charge in [-0.05, 0) is 32.1 Å². The zero-order valence-electron chi connectivity index (χ0n) is 9.51. The lowest BCUT2D eigenvalue weighted by Crippen LogP contribution is -2.56. The number of nitrogens with one attached hydrogen (secondary N) is 1. The maximum absolute atomic E-state index is 6.08. The van der Waals surface area contributed by atoms with Crippen LogP contribution in [0.2, 0.25) is 0 Å². The van der Waals surface area contributed by atoms with Gasteiger partial charge in [0.2, 0.25) is 0 Å². The van der Waals surface area contributed by atoms with E-state index in [2.05, 4.69) is 19.2 Å². The van der Waals surface area contributed by atoms with Crippen LogP contribution < -0.4 is 5.32 Å². The predicted molar refractivity (Wildman–Crippen MR) is 58.4 cm³/mol. The van der Waals surface area contributed by atoms with Crippen LogP contribution in [0.15, 0.2) is 0 Å². The Kier molecular flexibility index (Phi) is 3.13. The summed E-state index contributed by atoms with van der Waals surface area (Å²) in [7, 11) is 0. The van der Waals surface area contributed by atoms with Gasteiger partial charge in [-0.1, -0.05) is 19.8 Å². The van der Waals surface area contributed by atoms with Crippen molar-refractivity contribution in [2.24, 2.45) is 5.92 Å². The fourth-order valence-electron chi connectivity index (χ4n) is 2.93. The molecule has 0 aromatic rings. The number of ether oxygens (including phenoxy) is 1. The summed E-state index contributed by atoms with van der Waals surface area (Å²) in [6.07, 6.45) is 6.57. The van der Waals surface area contributed by atoms with Crippen LogP contribution in [0, 0.1) is 5.92 Å². The Hall–Kier alpha value is -0.0800. The molecule has 2 nitrogen and oxygen atoms in total. The molecule has 3 unspecified atom stereocenters. The highest BCUT2D eigenvalue weighted by Crippen LogP contribution is 2.36. The van der Waals surface area contributed by atoms with E-state index >= 15 is 0 Å². The summed E-state index contributed by atoms with van der Waals surface area (Å²) >= 11 is 0. The summed E-state index contributed by atoms with van der Waals surface area (Å²) in [5.41, 5.74) is 0.170. The molecular formula is C12H23NO. The molecular weight excluding hydrogens is 174 g/mol. The Balaban J connectivity index is 2.04. The third-order valence-electron chi connectivity index (χ3n) is 4.09. The second-order valence-corrected chi connectivity index (χ2v) is 5.13. The van der Waals surface area contributed by atoms with E-state index in [0.29, 0.717) is 6.04 Å². The van der Waals surface area contributed by atoms with E-state index in [1.54, 1.807) is 0 Å². The summed E-state index contributed by atoms with van der Waals surface area (Å²) in [6, 6.07) is 0.543. The van der Waals surface area contributed by atoms with Gasteiger partial charge in [-0.15, -0.1) is 0 Å². The minimum absolute atomic E-state index is 0.170. The van der Waals surface area contributed by atoms with Crippen molar-refractivity contribution in [3.63, 3.8) is 0 Å². The fourth-order valence-corrected chi connectivity index (χ4v) is 2.93. The first-order valence-corrected chi connectivity index (χ1v) is 6.10. The minimum atomic E-state index is 0.170. The van der Waals surface area contributed by atoms with Gasteiger partial charge in [-0.2, -0.15) is 0 Å². The van der Waals surface area contributed by atoms with Crippen molar-refractivity contribution in [2.75, 3.05) is 13.2 Å². The Morgan fingerprint density at radius 3 is 2.86 bits per heavy atom. The Bertz CT molecular complexity index is 195. The number of hydrogen-bond acceptors (Lipinski definition) is 2. The average Bonchev–Trinajstić information content (AvgIpc) is 2.36. The lowest BCUT2D eigenvalue weighted by molar-refractivity contribution is -0.102. The Morgan fingerprint density at radius 2 is 2.07 bits per heavy atom. The predicted octanol–water partition coefficient (Wildman–Crippen LogP) is 2.33. The third-order valence-corrected chi connectivity index (χ3v) is 4.09. The standard InChI is InChI=1S/C12H23NO/c1-10-4-3-6-12(7-5-10)11(2)13-8-9-14-12/h10-11,13H,3-9H2,1-2H3. The highest BCUT2D eigenvalue weighted by atomic mass is 16.5. The van der Waals surface area contributed by atoms with E-state index in [0.717, 1.165) is 19.1 Å². The van der Waals surface area contributed by atoms with Gasteiger partial charge in [0.15, 0.2) is 0 Å². The summed E-state index contributed by atoms with van der Waals surface area (Å²) < 4.78 is 6.08. The van der Waals surface area contributed by atoms with Crippen LogP contribution in [0.3, 0.4) is 0 Å². The van der Waals surface area contributed by atoms with Gasteiger partial charge in [0.25, 0.3) is 0 Å². The third kappa shape index (κ3) is 1.96. The van der Waals surface area contributed by atoms with Crippen molar-refractivity contribution < 1.29 is 4.74 Å². The molecule has 1 N–H and O–H groups in total. The highest BCUT2D eigenvalue weighted by molar-refractivity contribution is 4.95. The highest BCUT2D eigenvalue weighted by Gasteiger charge is 2.40. The molecule has 2 heteroatoms. The van der Waals surface area contributed by atoms with Gasteiger partial charge >= 0.3 is 0 Å². The molecule has 0 aromatic heterocycles. The second-order valence-electron chi connectivity index (χ2n) is 5.13. The summed E-state index contributed by atoms with van der Waals surface area (Å²) in [5.74, 6) is 0.895. The SMILES string of the molecule is CC1CCCC2(CC1)OCCNC2C. The Labute approximate surface area is 87.4 Å². The van der Waals surface area contributed by atoms with Crippen molar-refractivity contribution >= 4 is 0 Å². The van der Waals surface area contributed by atoms with Crippen LogP contribution in [0.25, 0.3) is 0 Å². The van der Waals surface area contributed by atoms with Crippen LogP contribution in [0.4, 0.5) is 0 Å². The molecule has 0 amide bonds. The molecule has 2 rings (SSSR count). The van der Waals surface area contributed by atoms with Crippen molar-refractivity contribution in [1.82, 2.24) is 5.32 Å². The van der Waals surface area contributed by atoms with Crippen molar-refractivity contribution in [2.45, 2.75) is 57.6 Å². The lowest BCUT2D eigenvalue weighted by atomic mass is 9.85. The number of morpholine rings is 1. The van der Waals surface area contributed by atoms with Crippen LogP contribution in [-0.2, 0) is 4.74 Å². The van der Waals surface area contributed by atoms with Crippen LogP contribution in [-0.4, -0.2) is 24.8 Å². The zero-order chi connectivity index (χ0) is 10.0. The van der Waals surface area contributed by atoms with E-state index in [1.165, 1.54) is 32.1 Å². The zero-order valence-corrected chi connectivity index (χ0v) is 9.51. The maximum atomic E-state index is 6.08. The van der Waals surface area contributed by atoms with Gasteiger partial charge in [-0.3, -0.25) is 0 Å². The minimum Gasteiger partial charge on any atom is -0.372 e. The molecule has 3 atom stereocenters. The molecule has 1 aliphatic carbocycles. The van der Waals surface area contributed by atoms with E-state index in [4.69, 9.17) is 4.74 Å². The van der Waals surface area contributed by atoms with Crippen LogP contribution in [0.1, 0.15) is 46.0 Å². The quantitative estimate of drug-likeness (QED) is 0.643. The molecule has 2 fully saturated rings. The largest absolute Gasteiger partial charge is 0.372 e. The molecule has 1 aliphatic heterocycles. The second kappa shape index (κ2) is 4.19. The monoisotopic (exact) mass is 197 g/mol. The van der Waals surface area contributed by atoms with Gasteiger partial charge < -0.3 is 10.1 Å². The molecule has 1 heterocycles. The molecule has 0 aromatic carbocycles. The molecule has 0 radical (unpaired) electrons. The van der Waals surface area contributed by atoms with Crippen molar-refractivity contribution in [3.05, 3.63) is 0 Å². The molecule has 1 spiro atoms. The van der Waals surface area contributed by atoms with Crippen LogP contribution >= 0.6 is 0 Å². The molecule has 1 saturated carbocycles. The maximum Gasteiger partial charge on any atom is 0.0832 e. The summed E-state index contributed by atoms with van der Waals surface area (Å²) in [4.78, 5) is 0. The van der Waals surface area contributed by atoms with Crippen molar-refractivity contribution in [3.8, 4) is 0 Å². The van der Waals surface area contributed by atoms with E-state index in [-0.39, 0.29) is 5.60 Å². The van der Waals surface area contributed by atoms with Gasteiger partial charge in [0.1, 0.15) is 0 Å². The molecule has 1 saturated heterocycles. The fraction of sp³-hybridized carbons (Fsp3) is 1.00. The smallest absolute Gasteiger partial charge is 0.0832 e. The molecule has 2 aliphatic rings. The average molecular weight is 197 g/mol. The molecule has 0 bridgehead atoms. The number of rotatable bonds is 0.